The van der Waals surface area contributed by atoms with Crippen LogP contribution in [0, 0.1) is 0 Å². The third-order valence-corrected chi connectivity index (χ3v) is 12.2. The molecule has 0 aliphatic heterocycles. The molecule has 0 saturated carbocycles. The van der Waals surface area contributed by atoms with Crippen LogP contribution >= 0.6 is 11.3 Å². The topological polar surface area (TPSA) is 3.24 Å². The van der Waals surface area contributed by atoms with Crippen molar-refractivity contribution in [2.45, 2.75) is 0 Å². The Balaban J connectivity index is 1.04. The number of anilines is 3. The minimum Gasteiger partial charge on any atom is -0.310 e. The fourth-order valence-corrected chi connectivity index (χ4v) is 9.41. The van der Waals surface area contributed by atoms with E-state index in [4.69, 9.17) is 0 Å². The molecule has 1 nitrogen and oxygen atoms in total. The van der Waals surface area contributed by atoms with Crippen molar-refractivity contribution in [1.82, 2.24) is 0 Å². The molecule has 1 aliphatic rings. The molecule has 1 heterocycles. The molecule has 0 spiro atoms. The lowest BCUT2D eigenvalue weighted by Gasteiger charge is -2.27. The number of hydrogen-bond acceptors (Lipinski definition) is 2. The smallest absolute Gasteiger partial charge is 0.0468 e. The molecule has 10 aromatic rings. The summed E-state index contributed by atoms with van der Waals surface area (Å²) in [6.45, 7) is 0. The molecular weight excluding hydrogens is 671 g/mol. The second kappa shape index (κ2) is 12.4. The summed E-state index contributed by atoms with van der Waals surface area (Å²) in [4.78, 5) is 4.96. The fourth-order valence-electron chi connectivity index (χ4n) is 8.40. The van der Waals surface area contributed by atoms with E-state index >= 15 is 0 Å². The summed E-state index contributed by atoms with van der Waals surface area (Å²) in [6, 6.07) is 73.5. The van der Waals surface area contributed by atoms with Crippen LogP contribution < -0.4 is 4.90 Å². The summed E-state index contributed by atoms with van der Waals surface area (Å²) < 4.78 is 0. The predicted octanol–water partition coefficient (Wildman–Crippen LogP) is 15.3. The zero-order chi connectivity index (χ0) is 35.6. The van der Waals surface area contributed by atoms with Crippen LogP contribution in [0.5, 0.6) is 0 Å². The summed E-state index contributed by atoms with van der Waals surface area (Å²) in [5.41, 5.74) is 13.4. The van der Waals surface area contributed by atoms with Gasteiger partial charge in [0.2, 0.25) is 0 Å². The Morgan fingerprint density at radius 1 is 0.296 bits per heavy atom. The third-order valence-electron chi connectivity index (χ3n) is 11.0. The molecule has 0 atom stereocenters. The average Bonchev–Trinajstić information content (AvgIpc) is 3.86. The molecule has 252 valence electrons. The first-order valence-electron chi connectivity index (χ1n) is 18.5. The van der Waals surface area contributed by atoms with Crippen molar-refractivity contribution < 1.29 is 0 Å². The lowest BCUT2D eigenvalue weighted by molar-refractivity contribution is 1.29. The van der Waals surface area contributed by atoms with E-state index < -0.39 is 0 Å². The summed E-state index contributed by atoms with van der Waals surface area (Å²) in [5.74, 6) is 0. The summed E-state index contributed by atoms with van der Waals surface area (Å²) in [5, 5.41) is 7.71. The van der Waals surface area contributed by atoms with Crippen molar-refractivity contribution in [3.8, 4) is 54.3 Å². The number of fused-ring (bicyclic) bond motifs is 6. The van der Waals surface area contributed by atoms with Crippen LogP contribution in [0.3, 0.4) is 0 Å². The quantitative estimate of drug-likeness (QED) is 0.156. The molecular formula is C52H33NS. The predicted molar refractivity (Wildman–Crippen MR) is 232 cm³/mol. The molecule has 2 heteroatoms. The standard InChI is InChI=1S/C52H33NS/c1-2-10-36(11-3-1)50-29-30-51(54-50)37-23-25-41(26-24-37)53(43-27-28-45-46-17-7-12-38-13-8-18-47(52(38)46)49(45)33-43)42-15-6-14-39(31-42)40-22-21-35-20-19-34-9-4-5-16-44(34)48(35)32-40/h1-33H. The largest absolute Gasteiger partial charge is 0.310 e. The van der Waals surface area contributed by atoms with E-state index in [0.717, 1.165) is 17.1 Å². The van der Waals surface area contributed by atoms with Gasteiger partial charge in [0.05, 0.1) is 0 Å². The number of thiophene rings is 1. The molecule has 54 heavy (non-hydrogen) atoms. The third kappa shape index (κ3) is 5.07. The first-order valence-corrected chi connectivity index (χ1v) is 19.3. The molecule has 0 saturated heterocycles. The second-order valence-electron chi connectivity index (χ2n) is 14.1. The van der Waals surface area contributed by atoms with E-state index in [9.17, 15) is 0 Å². The van der Waals surface area contributed by atoms with E-state index in [1.54, 1.807) is 0 Å². The van der Waals surface area contributed by atoms with Gasteiger partial charge in [-0.1, -0.05) is 146 Å². The van der Waals surface area contributed by atoms with Gasteiger partial charge in [0, 0.05) is 26.8 Å². The monoisotopic (exact) mass is 703 g/mol. The first kappa shape index (κ1) is 30.8. The van der Waals surface area contributed by atoms with Crippen molar-refractivity contribution in [3.05, 3.63) is 200 Å². The van der Waals surface area contributed by atoms with Crippen LogP contribution in [0.4, 0.5) is 17.1 Å². The Morgan fingerprint density at radius 2 is 0.870 bits per heavy atom. The highest BCUT2D eigenvalue weighted by atomic mass is 32.1. The van der Waals surface area contributed by atoms with Crippen molar-refractivity contribution in [2.24, 2.45) is 0 Å². The van der Waals surface area contributed by atoms with Gasteiger partial charge < -0.3 is 4.90 Å². The van der Waals surface area contributed by atoms with Gasteiger partial charge in [0.15, 0.2) is 0 Å². The lowest BCUT2D eigenvalue weighted by atomic mass is 9.96. The Kier molecular flexibility index (Phi) is 7.11. The summed E-state index contributed by atoms with van der Waals surface area (Å²) in [7, 11) is 0. The Morgan fingerprint density at radius 3 is 1.69 bits per heavy atom. The molecule has 1 aromatic heterocycles. The molecule has 0 radical (unpaired) electrons. The van der Waals surface area contributed by atoms with Crippen LogP contribution in [0.1, 0.15) is 0 Å². The van der Waals surface area contributed by atoms with Gasteiger partial charge in [-0.2, -0.15) is 0 Å². The van der Waals surface area contributed by atoms with E-state index in [0.29, 0.717) is 0 Å². The Hall–Kier alpha value is -6.74. The van der Waals surface area contributed by atoms with Crippen molar-refractivity contribution >= 4 is 60.7 Å². The Labute approximate surface area is 318 Å². The van der Waals surface area contributed by atoms with E-state index in [2.05, 4.69) is 205 Å². The van der Waals surface area contributed by atoms with E-state index in [-0.39, 0.29) is 0 Å². The molecule has 0 unspecified atom stereocenters. The normalized spacial score (nSPS) is 11.7. The van der Waals surface area contributed by atoms with Crippen LogP contribution in [-0.4, -0.2) is 0 Å². The maximum absolute atomic E-state index is 2.41. The second-order valence-corrected chi connectivity index (χ2v) is 15.2. The highest BCUT2D eigenvalue weighted by Gasteiger charge is 2.23. The van der Waals surface area contributed by atoms with Gasteiger partial charge in [0.25, 0.3) is 0 Å². The van der Waals surface area contributed by atoms with Crippen molar-refractivity contribution in [3.63, 3.8) is 0 Å². The molecule has 9 aromatic carbocycles. The summed E-state index contributed by atoms with van der Waals surface area (Å²) >= 11 is 1.84. The van der Waals surface area contributed by atoms with E-state index in [1.165, 1.54) is 86.6 Å². The van der Waals surface area contributed by atoms with Gasteiger partial charge >= 0.3 is 0 Å². The first-order chi connectivity index (χ1) is 26.7. The number of rotatable bonds is 6. The fraction of sp³-hybridized carbons (Fsp3) is 0. The van der Waals surface area contributed by atoms with Gasteiger partial charge in [-0.15, -0.1) is 11.3 Å². The molecule has 0 N–H and O–H groups in total. The van der Waals surface area contributed by atoms with Gasteiger partial charge in [-0.05, 0) is 131 Å². The SMILES string of the molecule is c1ccc(-c2ccc(-c3ccc(N(c4cccc(-c5ccc6ccc7ccccc7c6c5)c4)c4ccc5c(c4)-c4cccc6cccc-5c46)cc3)s2)cc1. The van der Waals surface area contributed by atoms with Crippen LogP contribution in [0.2, 0.25) is 0 Å². The van der Waals surface area contributed by atoms with Crippen LogP contribution in [0.25, 0.3) is 86.6 Å². The van der Waals surface area contributed by atoms with Gasteiger partial charge in [-0.3, -0.25) is 0 Å². The summed E-state index contributed by atoms with van der Waals surface area (Å²) in [6.07, 6.45) is 0. The zero-order valence-electron chi connectivity index (χ0n) is 29.4. The molecule has 0 amide bonds. The van der Waals surface area contributed by atoms with Gasteiger partial charge in [-0.25, -0.2) is 0 Å². The molecule has 0 bridgehead atoms. The maximum atomic E-state index is 2.41. The zero-order valence-corrected chi connectivity index (χ0v) is 30.2. The van der Waals surface area contributed by atoms with Gasteiger partial charge in [0.1, 0.15) is 0 Å². The van der Waals surface area contributed by atoms with Crippen molar-refractivity contribution in [2.75, 3.05) is 4.90 Å². The number of benzene rings is 9. The average molecular weight is 704 g/mol. The molecule has 0 fully saturated rings. The molecule has 1 aliphatic carbocycles. The highest BCUT2D eigenvalue weighted by Crippen LogP contribution is 2.50. The number of nitrogens with zero attached hydrogens (tertiary/aromatic N) is 1. The van der Waals surface area contributed by atoms with E-state index in [1.807, 2.05) is 11.3 Å². The molecule has 11 rings (SSSR count). The number of hydrogen-bond donors (Lipinski definition) is 0. The minimum absolute atomic E-state index is 1.12. The van der Waals surface area contributed by atoms with Crippen LogP contribution in [-0.2, 0) is 0 Å². The lowest BCUT2D eigenvalue weighted by Crippen LogP contribution is -2.10. The minimum atomic E-state index is 1.12. The highest BCUT2D eigenvalue weighted by molar-refractivity contribution is 7.18. The maximum Gasteiger partial charge on any atom is 0.0468 e. The van der Waals surface area contributed by atoms with Crippen molar-refractivity contribution in [1.29, 1.82) is 0 Å². The Bertz CT molecular complexity index is 3040. The van der Waals surface area contributed by atoms with Crippen LogP contribution in [0.15, 0.2) is 200 Å².